The van der Waals surface area contributed by atoms with Gasteiger partial charge in [-0.05, 0) is 12.5 Å². The summed E-state index contributed by atoms with van der Waals surface area (Å²) < 4.78 is 0. The zero-order chi connectivity index (χ0) is 9.97. The number of nitrogens with one attached hydrogen (secondary N) is 1. The van der Waals surface area contributed by atoms with Crippen molar-refractivity contribution < 1.29 is 0 Å². The summed E-state index contributed by atoms with van der Waals surface area (Å²) >= 11 is 5.76. The number of hydrogen-bond acceptors (Lipinski definition) is 1. The van der Waals surface area contributed by atoms with E-state index in [-0.39, 0.29) is 12.4 Å². The number of aromatic nitrogens is 2. The average molecular weight is 243 g/mol. The molecule has 2 aromatic rings. The highest BCUT2D eigenvalue weighted by Crippen LogP contribution is 2.23. The molecular weight excluding hydrogens is 231 g/mol. The highest BCUT2D eigenvalue weighted by Gasteiger charge is 2.08. The average Bonchev–Trinajstić information content (AvgIpc) is 2.61. The Kier molecular flexibility index (Phi) is 4.18. The van der Waals surface area contributed by atoms with Crippen molar-refractivity contribution in [1.82, 2.24) is 10.2 Å². The molecule has 0 fully saturated rings. The van der Waals surface area contributed by atoms with Crippen LogP contribution in [0.15, 0.2) is 30.3 Å². The van der Waals surface area contributed by atoms with Gasteiger partial charge in [-0.25, -0.2) is 0 Å². The smallest absolute Gasteiger partial charge is 0.0953 e. The standard InChI is InChI=1S/C11H11ClN2.ClH/c1-8-10(7-12)13-14-11(8)9-5-3-2-4-6-9;/h2-6H,7H2,1H3,(H,13,14);1H. The molecule has 2 rings (SSSR count). The van der Waals surface area contributed by atoms with E-state index in [0.717, 1.165) is 22.5 Å². The quantitative estimate of drug-likeness (QED) is 0.803. The molecule has 0 unspecified atom stereocenters. The van der Waals surface area contributed by atoms with Crippen molar-refractivity contribution in [2.24, 2.45) is 0 Å². The SMILES string of the molecule is Cc1c(-c2ccccc2)n[nH]c1CCl.Cl. The lowest BCUT2D eigenvalue weighted by molar-refractivity contribution is 1.04. The van der Waals surface area contributed by atoms with Gasteiger partial charge in [-0.2, -0.15) is 5.10 Å². The zero-order valence-electron chi connectivity index (χ0n) is 8.33. The van der Waals surface area contributed by atoms with Gasteiger partial charge >= 0.3 is 0 Å². The largest absolute Gasteiger partial charge is 0.280 e. The molecule has 0 atom stereocenters. The molecular formula is C11H12Cl2N2. The maximum atomic E-state index is 5.76. The minimum atomic E-state index is 0. The van der Waals surface area contributed by atoms with Crippen molar-refractivity contribution in [2.45, 2.75) is 12.8 Å². The molecule has 0 aliphatic rings. The Bertz CT molecular complexity index is 423. The van der Waals surface area contributed by atoms with Gasteiger partial charge in [0.15, 0.2) is 0 Å². The van der Waals surface area contributed by atoms with Gasteiger partial charge in [0.05, 0.1) is 17.3 Å². The van der Waals surface area contributed by atoms with E-state index < -0.39 is 0 Å². The summed E-state index contributed by atoms with van der Waals surface area (Å²) in [5.41, 5.74) is 4.23. The summed E-state index contributed by atoms with van der Waals surface area (Å²) in [7, 11) is 0. The molecule has 0 bridgehead atoms. The van der Waals surface area contributed by atoms with Crippen LogP contribution in [-0.4, -0.2) is 10.2 Å². The molecule has 15 heavy (non-hydrogen) atoms. The lowest BCUT2D eigenvalue weighted by Crippen LogP contribution is -1.81. The van der Waals surface area contributed by atoms with E-state index in [1.54, 1.807) is 0 Å². The first-order chi connectivity index (χ1) is 6.83. The molecule has 0 radical (unpaired) electrons. The molecule has 0 spiro atoms. The van der Waals surface area contributed by atoms with Crippen molar-refractivity contribution in [2.75, 3.05) is 0 Å². The predicted molar refractivity (Wildman–Crippen MR) is 65.6 cm³/mol. The number of aromatic amines is 1. The third-order valence-corrected chi connectivity index (χ3v) is 2.56. The minimum absolute atomic E-state index is 0. The van der Waals surface area contributed by atoms with Gasteiger partial charge in [-0.15, -0.1) is 24.0 Å². The van der Waals surface area contributed by atoms with Gasteiger partial charge in [-0.1, -0.05) is 30.3 Å². The van der Waals surface area contributed by atoms with Crippen molar-refractivity contribution in [3.8, 4) is 11.3 Å². The highest BCUT2D eigenvalue weighted by molar-refractivity contribution is 6.17. The van der Waals surface area contributed by atoms with Crippen LogP contribution in [0.4, 0.5) is 0 Å². The van der Waals surface area contributed by atoms with Gasteiger partial charge in [0, 0.05) is 5.56 Å². The highest BCUT2D eigenvalue weighted by atomic mass is 35.5. The second kappa shape index (κ2) is 5.19. The molecule has 1 aromatic carbocycles. The first kappa shape index (κ1) is 12.1. The van der Waals surface area contributed by atoms with Gasteiger partial charge < -0.3 is 0 Å². The Morgan fingerprint density at radius 3 is 2.47 bits per heavy atom. The van der Waals surface area contributed by atoms with Crippen LogP contribution < -0.4 is 0 Å². The van der Waals surface area contributed by atoms with Crippen LogP contribution in [0.3, 0.4) is 0 Å². The summed E-state index contributed by atoms with van der Waals surface area (Å²) in [6, 6.07) is 10.1. The van der Waals surface area contributed by atoms with Gasteiger partial charge in [0.1, 0.15) is 0 Å². The number of rotatable bonds is 2. The summed E-state index contributed by atoms with van der Waals surface area (Å²) in [6.07, 6.45) is 0. The Hall–Kier alpha value is -0.990. The van der Waals surface area contributed by atoms with E-state index >= 15 is 0 Å². The van der Waals surface area contributed by atoms with Gasteiger partial charge in [0.2, 0.25) is 0 Å². The lowest BCUT2D eigenvalue weighted by Gasteiger charge is -1.97. The third-order valence-electron chi connectivity index (χ3n) is 2.29. The molecule has 1 aromatic heterocycles. The number of alkyl halides is 1. The maximum absolute atomic E-state index is 5.76. The lowest BCUT2D eigenvalue weighted by atomic mass is 10.1. The molecule has 1 N–H and O–H groups in total. The molecule has 1 heterocycles. The number of nitrogens with zero attached hydrogens (tertiary/aromatic N) is 1. The van der Waals surface area contributed by atoms with Crippen LogP contribution in [0.2, 0.25) is 0 Å². The van der Waals surface area contributed by atoms with E-state index in [0.29, 0.717) is 5.88 Å². The van der Waals surface area contributed by atoms with E-state index in [1.165, 1.54) is 0 Å². The Balaban J connectivity index is 0.00000112. The number of hydrogen-bond donors (Lipinski definition) is 1. The molecule has 0 saturated heterocycles. The molecule has 0 saturated carbocycles. The number of halogens is 2. The fourth-order valence-corrected chi connectivity index (χ4v) is 1.70. The van der Waals surface area contributed by atoms with Gasteiger partial charge in [-0.3, -0.25) is 5.10 Å². The third kappa shape index (κ3) is 2.33. The summed E-state index contributed by atoms with van der Waals surface area (Å²) in [5, 5.41) is 7.19. The number of H-pyrrole nitrogens is 1. The first-order valence-corrected chi connectivity index (χ1v) is 5.01. The normalized spacial score (nSPS) is 9.73. The van der Waals surface area contributed by atoms with Crippen LogP contribution in [0.25, 0.3) is 11.3 Å². The molecule has 4 heteroatoms. The van der Waals surface area contributed by atoms with Crippen molar-refractivity contribution >= 4 is 24.0 Å². The van der Waals surface area contributed by atoms with E-state index in [4.69, 9.17) is 11.6 Å². The zero-order valence-corrected chi connectivity index (χ0v) is 9.90. The fraction of sp³-hybridized carbons (Fsp3) is 0.182. The van der Waals surface area contributed by atoms with Crippen molar-refractivity contribution in [3.05, 3.63) is 41.6 Å². The van der Waals surface area contributed by atoms with Crippen LogP contribution in [0.5, 0.6) is 0 Å². The number of benzene rings is 1. The maximum Gasteiger partial charge on any atom is 0.0953 e. The van der Waals surface area contributed by atoms with Crippen molar-refractivity contribution in [1.29, 1.82) is 0 Å². The second-order valence-electron chi connectivity index (χ2n) is 3.18. The van der Waals surface area contributed by atoms with Crippen LogP contribution in [0, 0.1) is 6.92 Å². The first-order valence-electron chi connectivity index (χ1n) is 4.48. The van der Waals surface area contributed by atoms with E-state index in [9.17, 15) is 0 Å². The van der Waals surface area contributed by atoms with Crippen LogP contribution >= 0.6 is 24.0 Å². The van der Waals surface area contributed by atoms with Crippen LogP contribution in [0.1, 0.15) is 11.3 Å². The molecule has 80 valence electrons. The molecule has 2 nitrogen and oxygen atoms in total. The molecule has 0 amide bonds. The summed E-state index contributed by atoms with van der Waals surface area (Å²) in [6.45, 7) is 2.03. The monoisotopic (exact) mass is 242 g/mol. The predicted octanol–water partition coefficient (Wildman–Crippen LogP) is 3.55. The topological polar surface area (TPSA) is 28.7 Å². The van der Waals surface area contributed by atoms with Crippen LogP contribution in [-0.2, 0) is 5.88 Å². The minimum Gasteiger partial charge on any atom is -0.280 e. The summed E-state index contributed by atoms with van der Waals surface area (Å²) in [4.78, 5) is 0. The van der Waals surface area contributed by atoms with E-state index in [2.05, 4.69) is 10.2 Å². The summed E-state index contributed by atoms with van der Waals surface area (Å²) in [5.74, 6) is 0.478. The fourth-order valence-electron chi connectivity index (χ4n) is 1.44. The molecule has 0 aliphatic heterocycles. The Labute approximate surface area is 100 Å². The van der Waals surface area contributed by atoms with Gasteiger partial charge in [0.25, 0.3) is 0 Å². The Morgan fingerprint density at radius 2 is 1.93 bits per heavy atom. The van der Waals surface area contributed by atoms with Crippen molar-refractivity contribution in [3.63, 3.8) is 0 Å². The Morgan fingerprint density at radius 1 is 1.27 bits per heavy atom. The molecule has 0 aliphatic carbocycles. The second-order valence-corrected chi connectivity index (χ2v) is 3.44. The van der Waals surface area contributed by atoms with E-state index in [1.807, 2.05) is 37.3 Å².